The SMILES string of the molecule is CCN(CC)C(=O)[C@H](OC(=O)c1ccc(CNC(=O)NC(C)C)cc1)c1ccccc1. The molecule has 0 unspecified atom stereocenters. The van der Waals surface area contributed by atoms with Crippen molar-refractivity contribution >= 4 is 17.9 Å². The van der Waals surface area contributed by atoms with Crippen LogP contribution in [0.15, 0.2) is 54.6 Å². The number of nitrogens with zero attached hydrogens (tertiary/aromatic N) is 1. The largest absolute Gasteiger partial charge is 0.444 e. The van der Waals surface area contributed by atoms with Crippen molar-refractivity contribution in [2.75, 3.05) is 13.1 Å². The highest BCUT2D eigenvalue weighted by Gasteiger charge is 2.28. The highest BCUT2D eigenvalue weighted by molar-refractivity contribution is 5.92. The van der Waals surface area contributed by atoms with Gasteiger partial charge in [-0.2, -0.15) is 0 Å². The zero-order valence-electron chi connectivity index (χ0n) is 18.6. The molecule has 166 valence electrons. The van der Waals surface area contributed by atoms with Crippen molar-refractivity contribution in [1.29, 1.82) is 0 Å². The first-order valence-electron chi connectivity index (χ1n) is 10.5. The van der Waals surface area contributed by atoms with Crippen molar-refractivity contribution in [3.63, 3.8) is 0 Å². The molecule has 3 amide bonds. The second-order valence-corrected chi connectivity index (χ2v) is 7.39. The van der Waals surface area contributed by atoms with E-state index in [1.165, 1.54) is 0 Å². The summed E-state index contributed by atoms with van der Waals surface area (Å²) in [6.07, 6.45) is -1.00. The summed E-state index contributed by atoms with van der Waals surface area (Å²) in [7, 11) is 0. The van der Waals surface area contributed by atoms with Gasteiger partial charge >= 0.3 is 12.0 Å². The third kappa shape index (κ3) is 7.13. The van der Waals surface area contributed by atoms with Gasteiger partial charge in [-0.15, -0.1) is 0 Å². The Hall–Kier alpha value is -3.35. The Balaban J connectivity index is 2.09. The summed E-state index contributed by atoms with van der Waals surface area (Å²) in [6, 6.07) is 15.6. The molecule has 7 heteroatoms. The van der Waals surface area contributed by atoms with Crippen LogP contribution in [-0.4, -0.2) is 41.9 Å². The molecule has 1 atom stereocenters. The van der Waals surface area contributed by atoms with Gasteiger partial charge in [0.25, 0.3) is 5.91 Å². The number of amides is 3. The number of carbonyl (C=O) groups is 3. The Morgan fingerprint density at radius 1 is 0.935 bits per heavy atom. The highest BCUT2D eigenvalue weighted by Crippen LogP contribution is 2.22. The molecular weight excluding hydrogens is 394 g/mol. The number of carbonyl (C=O) groups excluding carboxylic acids is 3. The fourth-order valence-electron chi connectivity index (χ4n) is 3.02. The predicted molar refractivity (Wildman–Crippen MR) is 119 cm³/mol. The molecule has 0 radical (unpaired) electrons. The summed E-state index contributed by atoms with van der Waals surface area (Å²) in [6.45, 7) is 8.94. The Bertz CT molecular complexity index is 862. The molecule has 0 bridgehead atoms. The van der Waals surface area contributed by atoms with E-state index in [-0.39, 0.29) is 18.0 Å². The van der Waals surface area contributed by atoms with Crippen molar-refractivity contribution in [3.8, 4) is 0 Å². The van der Waals surface area contributed by atoms with Gasteiger partial charge < -0.3 is 20.3 Å². The minimum Gasteiger partial charge on any atom is -0.444 e. The molecule has 31 heavy (non-hydrogen) atoms. The number of hydrogen-bond donors (Lipinski definition) is 2. The second kappa shape index (κ2) is 11.7. The number of nitrogens with one attached hydrogen (secondary N) is 2. The summed E-state index contributed by atoms with van der Waals surface area (Å²) < 4.78 is 5.64. The van der Waals surface area contributed by atoms with E-state index in [4.69, 9.17) is 4.74 Å². The van der Waals surface area contributed by atoms with Gasteiger partial charge in [0.2, 0.25) is 6.10 Å². The van der Waals surface area contributed by atoms with Crippen LogP contribution in [0.4, 0.5) is 4.79 Å². The third-order valence-corrected chi connectivity index (χ3v) is 4.69. The fourth-order valence-corrected chi connectivity index (χ4v) is 3.02. The number of urea groups is 1. The molecule has 7 nitrogen and oxygen atoms in total. The van der Waals surface area contributed by atoms with Crippen molar-refractivity contribution in [3.05, 3.63) is 71.3 Å². The minimum absolute atomic E-state index is 0.0498. The summed E-state index contributed by atoms with van der Waals surface area (Å²) in [5.74, 6) is -0.826. The van der Waals surface area contributed by atoms with Gasteiger partial charge in [-0.1, -0.05) is 42.5 Å². The molecule has 0 heterocycles. The summed E-state index contributed by atoms with van der Waals surface area (Å²) in [4.78, 5) is 39.0. The molecular formula is C24H31N3O4. The number of ether oxygens (including phenoxy) is 1. The Labute approximate surface area is 183 Å². The van der Waals surface area contributed by atoms with Crippen LogP contribution in [0.2, 0.25) is 0 Å². The van der Waals surface area contributed by atoms with Gasteiger partial charge in [-0.05, 0) is 45.4 Å². The summed E-state index contributed by atoms with van der Waals surface area (Å²) in [5.41, 5.74) is 1.81. The predicted octanol–water partition coefficient (Wildman–Crippen LogP) is 3.66. The minimum atomic E-state index is -1.00. The molecule has 0 aromatic heterocycles. The molecule has 2 N–H and O–H groups in total. The van der Waals surface area contributed by atoms with Gasteiger partial charge in [0.15, 0.2) is 0 Å². The summed E-state index contributed by atoms with van der Waals surface area (Å²) in [5, 5.41) is 5.51. The van der Waals surface area contributed by atoms with Crippen LogP contribution < -0.4 is 10.6 Å². The molecule has 2 aromatic rings. The van der Waals surface area contributed by atoms with E-state index in [0.29, 0.717) is 30.8 Å². The third-order valence-electron chi connectivity index (χ3n) is 4.69. The lowest BCUT2D eigenvalue weighted by Crippen LogP contribution is -2.39. The molecule has 0 spiro atoms. The van der Waals surface area contributed by atoms with E-state index >= 15 is 0 Å². The van der Waals surface area contributed by atoms with Gasteiger partial charge in [0.05, 0.1) is 5.56 Å². The maximum atomic E-state index is 13.0. The first-order valence-corrected chi connectivity index (χ1v) is 10.5. The molecule has 0 fully saturated rings. The normalized spacial score (nSPS) is 11.5. The number of hydrogen-bond acceptors (Lipinski definition) is 4. The van der Waals surface area contributed by atoms with Crippen LogP contribution in [0, 0.1) is 0 Å². The van der Waals surface area contributed by atoms with Crippen LogP contribution in [-0.2, 0) is 16.1 Å². The topological polar surface area (TPSA) is 87.7 Å². The fraction of sp³-hybridized carbons (Fsp3) is 0.375. The number of rotatable bonds is 9. The van der Waals surface area contributed by atoms with Crippen LogP contribution in [0.25, 0.3) is 0 Å². The van der Waals surface area contributed by atoms with Gasteiger partial charge in [0, 0.05) is 31.2 Å². The Morgan fingerprint density at radius 2 is 1.55 bits per heavy atom. The van der Waals surface area contributed by atoms with Crippen LogP contribution in [0.5, 0.6) is 0 Å². The molecule has 0 saturated heterocycles. The smallest absolute Gasteiger partial charge is 0.339 e. The van der Waals surface area contributed by atoms with E-state index < -0.39 is 12.1 Å². The van der Waals surface area contributed by atoms with Crippen LogP contribution in [0.1, 0.15) is 55.3 Å². The molecule has 2 aromatic carbocycles. The van der Waals surface area contributed by atoms with Crippen LogP contribution >= 0.6 is 0 Å². The molecule has 0 saturated carbocycles. The van der Waals surface area contributed by atoms with Gasteiger partial charge in [-0.25, -0.2) is 9.59 Å². The molecule has 0 aliphatic carbocycles. The van der Waals surface area contributed by atoms with Crippen molar-refractivity contribution in [1.82, 2.24) is 15.5 Å². The molecule has 0 aliphatic rings. The summed E-state index contributed by atoms with van der Waals surface area (Å²) >= 11 is 0. The Kier molecular flexibility index (Phi) is 9.06. The molecule has 0 aliphatic heterocycles. The lowest BCUT2D eigenvalue weighted by atomic mass is 10.1. The van der Waals surface area contributed by atoms with Crippen molar-refractivity contribution in [2.45, 2.75) is 46.4 Å². The van der Waals surface area contributed by atoms with Crippen molar-refractivity contribution < 1.29 is 19.1 Å². The second-order valence-electron chi connectivity index (χ2n) is 7.39. The van der Waals surface area contributed by atoms with Gasteiger partial charge in [-0.3, -0.25) is 4.79 Å². The lowest BCUT2D eigenvalue weighted by Gasteiger charge is -2.25. The monoisotopic (exact) mass is 425 g/mol. The number of benzene rings is 2. The maximum absolute atomic E-state index is 13.0. The maximum Gasteiger partial charge on any atom is 0.339 e. The zero-order valence-corrected chi connectivity index (χ0v) is 18.6. The lowest BCUT2D eigenvalue weighted by molar-refractivity contribution is -0.140. The standard InChI is InChI=1S/C24H31N3O4/c1-5-27(6-2)22(28)21(19-10-8-7-9-11-19)31-23(29)20-14-12-18(13-15-20)16-25-24(30)26-17(3)4/h7-15,17,21H,5-6,16H2,1-4H3,(H2,25,26,30)/t21-/m1/s1. The number of likely N-dealkylation sites (N-methyl/N-ethyl adjacent to an activating group) is 1. The van der Waals surface area contributed by atoms with E-state index in [9.17, 15) is 14.4 Å². The van der Waals surface area contributed by atoms with E-state index in [2.05, 4.69) is 10.6 Å². The van der Waals surface area contributed by atoms with Crippen molar-refractivity contribution in [2.24, 2.45) is 0 Å². The first kappa shape index (κ1) is 23.9. The zero-order chi connectivity index (χ0) is 22.8. The first-order chi connectivity index (χ1) is 14.8. The van der Waals surface area contributed by atoms with E-state index in [0.717, 1.165) is 5.56 Å². The quantitative estimate of drug-likeness (QED) is 0.600. The Morgan fingerprint density at radius 3 is 2.10 bits per heavy atom. The average Bonchev–Trinajstić information content (AvgIpc) is 2.77. The van der Waals surface area contributed by atoms with E-state index in [1.54, 1.807) is 41.3 Å². The van der Waals surface area contributed by atoms with Gasteiger partial charge in [0.1, 0.15) is 0 Å². The number of esters is 1. The highest BCUT2D eigenvalue weighted by atomic mass is 16.5. The average molecular weight is 426 g/mol. The molecule has 2 rings (SSSR count). The van der Waals surface area contributed by atoms with Crippen LogP contribution in [0.3, 0.4) is 0 Å². The van der Waals surface area contributed by atoms with E-state index in [1.807, 2.05) is 45.9 Å².